The van der Waals surface area contributed by atoms with Gasteiger partial charge in [0.05, 0.1) is 18.2 Å². The summed E-state index contributed by atoms with van der Waals surface area (Å²) < 4.78 is 19.0. The topological polar surface area (TPSA) is 28.4 Å². The third kappa shape index (κ3) is 2.11. The minimum Gasteiger partial charge on any atom is -0.472 e. The number of hydrogen-bond donors (Lipinski definition) is 1. The summed E-state index contributed by atoms with van der Waals surface area (Å²) in [6.45, 7) is 3.47. The molecule has 18 heavy (non-hydrogen) atoms. The summed E-state index contributed by atoms with van der Waals surface area (Å²) in [6.07, 6.45) is 3.30. The largest absolute Gasteiger partial charge is 0.472 e. The van der Waals surface area contributed by atoms with Crippen LogP contribution in [0.15, 0.2) is 41.2 Å². The van der Waals surface area contributed by atoms with E-state index in [-0.39, 0.29) is 5.82 Å². The zero-order valence-corrected chi connectivity index (χ0v) is 10.0. The molecular weight excluding hydrogens is 231 g/mol. The van der Waals surface area contributed by atoms with Crippen molar-refractivity contribution in [2.45, 2.75) is 0 Å². The molecule has 1 aromatic carbocycles. The van der Waals surface area contributed by atoms with Crippen molar-refractivity contribution in [2.75, 3.05) is 31.1 Å². The molecule has 3 nitrogen and oxygen atoms in total. The van der Waals surface area contributed by atoms with Crippen molar-refractivity contribution in [3.8, 4) is 11.1 Å². The van der Waals surface area contributed by atoms with Gasteiger partial charge in [-0.2, -0.15) is 0 Å². The van der Waals surface area contributed by atoms with Crippen LogP contribution in [-0.4, -0.2) is 26.2 Å². The summed E-state index contributed by atoms with van der Waals surface area (Å²) in [4.78, 5) is 2.08. The number of piperazine rings is 1. The maximum atomic E-state index is 13.9. The summed E-state index contributed by atoms with van der Waals surface area (Å²) in [7, 11) is 0. The fraction of sp³-hybridized carbons (Fsp3) is 0.286. The van der Waals surface area contributed by atoms with Gasteiger partial charge in [0, 0.05) is 31.7 Å². The van der Waals surface area contributed by atoms with E-state index in [0.717, 1.165) is 37.3 Å². The standard InChI is InChI=1S/C14H15FN2O/c15-13-2-1-11(12-3-8-18-10-12)9-14(13)17-6-4-16-5-7-17/h1-3,8-10,16H,4-7H2. The molecule has 1 aliphatic rings. The van der Waals surface area contributed by atoms with Gasteiger partial charge in [-0.05, 0) is 23.8 Å². The van der Waals surface area contributed by atoms with Crippen LogP contribution in [0.5, 0.6) is 0 Å². The lowest BCUT2D eigenvalue weighted by atomic mass is 10.1. The lowest BCUT2D eigenvalue weighted by molar-refractivity contribution is 0.565. The zero-order valence-electron chi connectivity index (χ0n) is 10.0. The van der Waals surface area contributed by atoms with Gasteiger partial charge in [0.1, 0.15) is 5.82 Å². The number of benzene rings is 1. The molecule has 3 rings (SSSR count). The SMILES string of the molecule is Fc1ccc(-c2ccoc2)cc1N1CCNCC1. The Bertz CT molecular complexity index is 519. The first-order valence-electron chi connectivity index (χ1n) is 6.12. The molecule has 0 amide bonds. The summed E-state index contributed by atoms with van der Waals surface area (Å²) >= 11 is 0. The van der Waals surface area contributed by atoms with Gasteiger partial charge in [0.15, 0.2) is 0 Å². The van der Waals surface area contributed by atoms with E-state index in [1.54, 1.807) is 18.6 Å². The smallest absolute Gasteiger partial charge is 0.146 e. The Morgan fingerprint density at radius 3 is 2.67 bits per heavy atom. The van der Waals surface area contributed by atoms with Crippen molar-refractivity contribution < 1.29 is 8.81 Å². The highest BCUT2D eigenvalue weighted by atomic mass is 19.1. The van der Waals surface area contributed by atoms with Crippen LogP contribution in [0.3, 0.4) is 0 Å². The fourth-order valence-corrected chi connectivity index (χ4v) is 2.27. The first-order valence-corrected chi connectivity index (χ1v) is 6.12. The van der Waals surface area contributed by atoms with E-state index in [0.29, 0.717) is 5.69 Å². The molecule has 2 aromatic rings. The molecule has 1 aromatic heterocycles. The number of hydrogen-bond acceptors (Lipinski definition) is 3. The number of anilines is 1. The second-order valence-electron chi connectivity index (χ2n) is 4.42. The summed E-state index contributed by atoms with van der Waals surface area (Å²) in [5.74, 6) is -0.163. The van der Waals surface area contributed by atoms with Crippen LogP contribution in [0.1, 0.15) is 0 Å². The van der Waals surface area contributed by atoms with Gasteiger partial charge in [-0.1, -0.05) is 6.07 Å². The van der Waals surface area contributed by atoms with E-state index in [1.807, 2.05) is 12.1 Å². The molecular formula is C14H15FN2O. The zero-order chi connectivity index (χ0) is 12.4. The van der Waals surface area contributed by atoms with E-state index in [9.17, 15) is 4.39 Å². The summed E-state index contributed by atoms with van der Waals surface area (Å²) in [5.41, 5.74) is 2.64. The van der Waals surface area contributed by atoms with Gasteiger partial charge in [-0.3, -0.25) is 0 Å². The lowest BCUT2D eigenvalue weighted by Gasteiger charge is -2.30. The highest BCUT2D eigenvalue weighted by Crippen LogP contribution is 2.27. The quantitative estimate of drug-likeness (QED) is 0.882. The molecule has 0 saturated carbocycles. The van der Waals surface area contributed by atoms with E-state index >= 15 is 0 Å². The molecule has 4 heteroatoms. The molecule has 94 valence electrons. The van der Waals surface area contributed by atoms with Crippen LogP contribution in [-0.2, 0) is 0 Å². The predicted molar refractivity (Wildman–Crippen MR) is 69.2 cm³/mol. The molecule has 0 spiro atoms. The van der Waals surface area contributed by atoms with E-state index in [1.165, 1.54) is 6.07 Å². The number of nitrogens with one attached hydrogen (secondary N) is 1. The second kappa shape index (κ2) is 4.82. The minimum absolute atomic E-state index is 0.163. The van der Waals surface area contributed by atoms with E-state index in [2.05, 4.69) is 10.2 Å². The third-order valence-corrected chi connectivity index (χ3v) is 3.26. The normalized spacial score (nSPS) is 15.9. The van der Waals surface area contributed by atoms with Crippen LogP contribution < -0.4 is 10.2 Å². The highest BCUT2D eigenvalue weighted by Gasteiger charge is 2.15. The average molecular weight is 246 g/mol. The van der Waals surface area contributed by atoms with Gasteiger partial charge in [-0.25, -0.2) is 4.39 Å². The molecule has 1 saturated heterocycles. The Morgan fingerprint density at radius 1 is 1.11 bits per heavy atom. The fourth-order valence-electron chi connectivity index (χ4n) is 2.27. The maximum Gasteiger partial charge on any atom is 0.146 e. The van der Waals surface area contributed by atoms with Crippen molar-refractivity contribution in [1.82, 2.24) is 5.32 Å². The molecule has 2 heterocycles. The third-order valence-electron chi connectivity index (χ3n) is 3.26. The number of nitrogens with zero attached hydrogens (tertiary/aromatic N) is 1. The Kier molecular flexibility index (Phi) is 3.02. The maximum absolute atomic E-state index is 13.9. The molecule has 1 fully saturated rings. The van der Waals surface area contributed by atoms with Crippen molar-refractivity contribution in [2.24, 2.45) is 0 Å². The van der Waals surface area contributed by atoms with Crippen LogP contribution in [0.4, 0.5) is 10.1 Å². The van der Waals surface area contributed by atoms with Crippen molar-refractivity contribution in [3.63, 3.8) is 0 Å². The second-order valence-corrected chi connectivity index (χ2v) is 4.42. The Hall–Kier alpha value is -1.81. The Morgan fingerprint density at radius 2 is 1.94 bits per heavy atom. The van der Waals surface area contributed by atoms with Gasteiger partial charge in [-0.15, -0.1) is 0 Å². The van der Waals surface area contributed by atoms with Crippen molar-refractivity contribution in [3.05, 3.63) is 42.6 Å². The molecule has 0 radical (unpaired) electrons. The summed E-state index contributed by atoms with van der Waals surface area (Å²) in [6, 6.07) is 7.09. The van der Waals surface area contributed by atoms with Crippen molar-refractivity contribution >= 4 is 5.69 Å². The van der Waals surface area contributed by atoms with Crippen LogP contribution in [0.2, 0.25) is 0 Å². The van der Waals surface area contributed by atoms with Gasteiger partial charge in [0.2, 0.25) is 0 Å². The Labute approximate surface area is 105 Å². The number of halogens is 1. The predicted octanol–water partition coefficient (Wildman–Crippen LogP) is 2.50. The first-order chi connectivity index (χ1) is 8.84. The van der Waals surface area contributed by atoms with Gasteiger partial charge < -0.3 is 14.6 Å². The number of rotatable bonds is 2. The minimum atomic E-state index is -0.163. The summed E-state index contributed by atoms with van der Waals surface area (Å²) in [5, 5.41) is 3.27. The molecule has 0 aliphatic carbocycles. The first kappa shape index (κ1) is 11.3. The lowest BCUT2D eigenvalue weighted by Crippen LogP contribution is -2.43. The molecule has 1 N–H and O–H groups in total. The monoisotopic (exact) mass is 246 g/mol. The van der Waals surface area contributed by atoms with Crippen LogP contribution >= 0.6 is 0 Å². The van der Waals surface area contributed by atoms with E-state index in [4.69, 9.17) is 4.42 Å². The van der Waals surface area contributed by atoms with Crippen LogP contribution in [0.25, 0.3) is 11.1 Å². The van der Waals surface area contributed by atoms with Gasteiger partial charge in [0.25, 0.3) is 0 Å². The van der Waals surface area contributed by atoms with E-state index < -0.39 is 0 Å². The average Bonchev–Trinajstić information content (AvgIpc) is 2.94. The Balaban J connectivity index is 1.95. The molecule has 0 atom stereocenters. The molecule has 0 bridgehead atoms. The van der Waals surface area contributed by atoms with Crippen LogP contribution in [0, 0.1) is 5.82 Å². The molecule has 1 aliphatic heterocycles. The van der Waals surface area contributed by atoms with Crippen molar-refractivity contribution in [1.29, 1.82) is 0 Å². The highest BCUT2D eigenvalue weighted by molar-refractivity contribution is 5.68. The molecule has 0 unspecified atom stereocenters. The van der Waals surface area contributed by atoms with Gasteiger partial charge >= 0.3 is 0 Å². The number of furan rings is 1.